The van der Waals surface area contributed by atoms with Gasteiger partial charge in [-0.05, 0) is 19.4 Å². The summed E-state index contributed by atoms with van der Waals surface area (Å²) in [4.78, 5) is 18.7. The highest BCUT2D eigenvalue weighted by molar-refractivity contribution is 5.50. The second-order valence-corrected chi connectivity index (χ2v) is 4.92. The van der Waals surface area contributed by atoms with Gasteiger partial charge in [0.15, 0.2) is 0 Å². The molecule has 1 aromatic rings. The van der Waals surface area contributed by atoms with E-state index in [2.05, 4.69) is 20.9 Å². The van der Waals surface area contributed by atoms with Crippen molar-refractivity contribution in [3.8, 4) is 6.07 Å². The maximum absolute atomic E-state index is 10.7. The third-order valence-corrected chi connectivity index (χ3v) is 3.60. The molecule has 1 aromatic heterocycles. The lowest BCUT2D eigenvalue weighted by Gasteiger charge is -2.36. The lowest BCUT2D eigenvalue weighted by molar-refractivity contribution is -0.385. The number of piperazine rings is 1. The molecule has 0 N–H and O–H groups in total. The van der Waals surface area contributed by atoms with Crippen LogP contribution in [0.4, 0.5) is 11.5 Å². The SMILES string of the molecule is Cc1cc([N+](=O)[O-])cnc1N1CCN(C(C)C#N)CC1. The Kier molecular flexibility index (Phi) is 4.15. The highest BCUT2D eigenvalue weighted by Gasteiger charge is 2.23. The number of nitro groups is 1. The summed E-state index contributed by atoms with van der Waals surface area (Å²) in [6.45, 7) is 6.87. The van der Waals surface area contributed by atoms with Crippen LogP contribution < -0.4 is 4.90 Å². The number of hydrogen-bond acceptors (Lipinski definition) is 6. The van der Waals surface area contributed by atoms with Crippen LogP contribution in [0.1, 0.15) is 12.5 Å². The normalized spacial score (nSPS) is 17.6. The van der Waals surface area contributed by atoms with Gasteiger partial charge in [0.25, 0.3) is 5.69 Å². The van der Waals surface area contributed by atoms with Crippen molar-refractivity contribution in [1.82, 2.24) is 9.88 Å². The van der Waals surface area contributed by atoms with Gasteiger partial charge in [-0.25, -0.2) is 4.98 Å². The van der Waals surface area contributed by atoms with Gasteiger partial charge in [-0.1, -0.05) is 0 Å². The summed E-state index contributed by atoms with van der Waals surface area (Å²) in [5, 5.41) is 19.6. The van der Waals surface area contributed by atoms with Crippen molar-refractivity contribution < 1.29 is 4.92 Å². The average molecular weight is 275 g/mol. The van der Waals surface area contributed by atoms with Crippen LogP contribution in [0, 0.1) is 28.4 Å². The monoisotopic (exact) mass is 275 g/mol. The number of nitriles is 1. The average Bonchev–Trinajstić information content (AvgIpc) is 2.46. The molecule has 1 saturated heterocycles. The molecule has 0 spiro atoms. The minimum Gasteiger partial charge on any atom is -0.354 e. The number of anilines is 1. The molecule has 2 rings (SSSR count). The van der Waals surface area contributed by atoms with E-state index in [4.69, 9.17) is 5.26 Å². The van der Waals surface area contributed by atoms with Gasteiger partial charge in [0.2, 0.25) is 0 Å². The predicted molar refractivity (Wildman–Crippen MR) is 74.5 cm³/mol. The molecule has 0 amide bonds. The van der Waals surface area contributed by atoms with E-state index in [1.54, 1.807) is 6.07 Å². The molecular formula is C13H17N5O2. The molecule has 1 unspecified atom stereocenters. The second-order valence-electron chi connectivity index (χ2n) is 4.92. The van der Waals surface area contributed by atoms with Crippen molar-refractivity contribution in [3.05, 3.63) is 27.9 Å². The summed E-state index contributed by atoms with van der Waals surface area (Å²) >= 11 is 0. The van der Waals surface area contributed by atoms with E-state index in [-0.39, 0.29) is 11.7 Å². The van der Waals surface area contributed by atoms with Crippen LogP contribution in [0.25, 0.3) is 0 Å². The van der Waals surface area contributed by atoms with Gasteiger partial charge < -0.3 is 4.90 Å². The summed E-state index contributed by atoms with van der Waals surface area (Å²) in [5.74, 6) is 0.792. The van der Waals surface area contributed by atoms with Gasteiger partial charge in [0, 0.05) is 32.2 Å². The smallest absolute Gasteiger partial charge is 0.287 e. The van der Waals surface area contributed by atoms with E-state index in [1.165, 1.54) is 6.20 Å². The Morgan fingerprint density at radius 3 is 2.60 bits per heavy atom. The van der Waals surface area contributed by atoms with Crippen LogP contribution in [0.3, 0.4) is 0 Å². The van der Waals surface area contributed by atoms with Crippen LogP contribution in [0.15, 0.2) is 12.3 Å². The quantitative estimate of drug-likeness (QED) is 0.611. The zero-order valence-corrected chi connectivity index (χ0v) is 11.6. The second kappa shape index (κ2) is 5.84. The van der Waals surface area contributed by atoms with E-state index >= 15 is 0 Å². The first-order valence-corrected chi connectivity index (χ1v) is 6.52. The molecule has 1 aliphatic rings. The third-order valence-electron chi connectivity index (χ3n) is 3.60. The van der Waals surface area contributed by atoms with Gasteiger partial charge in [-0.15, -0.1) is 0 Å². The first-order valence-electron chi connectivity index (χ1n) is 6.52. The van der Waals surface area contributed by atoms with Crippen molar-refractivity contribution in [2.24, 2.45) is 0 Å². The van der Waals surface area contributed by atoms with Crippen LogP contribution in [0.2, 0.25) is 0 Å². The molecular weight excluding hydrogens is 258 g/mol. The van der Waals surface area contributed by atoms with Crippen LogP contribution >= 0.6 is 0 Å². The van der Waals surface area contributed by atoms with E-state index < -0.39 is 4.92 Å². The number of pyridine rings is 1. The first kappa shape index (κ1) is 14.2. The molecule has 7 nitrogen and oxygen atoms in total. The standard InChI is InChI=1S/C13H17N5O2/c1-10-7-12(18(19)20)9-15-13(10)17-5-3-16(4-6-17)11(2)8-14/h7,9,11H,3-6H2,1-2H3. The summed E-state index contributed by atoms with van der Waals surface area (Å²) < 4.78 is 0. The van der Waals surface area contributed by atoms with Crippen molar-refractivity contribution >= 4 is 11.5 Å². The Morgan fingerprint density at radius 2 is 2.10 bits per heavy atom. The largest absolute Gasteiger partial charge is 0.354 e. The molecule has 20 heavy (non-hydrogen) atoms. The summed E-state index contributed by atoms with van der Waals surface area (Å²) in [6, 6.07) is 3.71. The van der Waals surface area contributed by atoms with Gasteiger partial charge in [-0.3, -0.25) is 15.0 Å². The van der Waals surface area contributed by atoms with Crippen LogP contribution in [-0.4, -0.2) is 47.0 Å². The highest BCUT2D eigenvalue weighted by Crippen LogP contribution is 2.22. The lowest BCUT2D eigenvalue weighted by atomic mass is 10.2. The summed E-state index contributed by atoms with van der Waals surface area (Å²) in [5.41, 5.74) is 0.823. The van der Waals surface area contributed by atoms with E-state index in [0.717, 1.165) is 37.6 Å². The highest BCUT2D eigenvalue weighted by atomic mass is 16.6. The number of aromatic nitrogens is 1. The van der Waals surface area contributed by atoms with Crippen molar-refractivity contribution in [3.63, 3.8) is 0 Å². The maximum Gasteiger partial charge on any atom is 0.287 e. The van der Waals surface area contributed by atoms with Crippen molar-refractivity contribution in [2.45, 2.75) is 19.9 Å². The van der Waals surface area contributed by atoms with Gasteiger partial charge in [0.1, 0.15) is 12.0 Å². The Hall–Kier alpha value is -2.20. The van der Waals surface area contributed by atoms with E-state index in [1.807, 2.05) is 13.8 Å². The topological polar surface area (TPSA) is 86.3 Å². The van der Waals surface area contributed by atoms with Gasteiger partial charge in [0.05, 0.1) is 17.0 Å². The molecule has 0 bridgehead atoms. The summed E-state index contributed by atoms with van der Waals surface area (Å²) in [6.07, 6.45) is 1.30. The fourth-order valence-corrected chi connectivity index (χ4v) is 2.39. The van der Waals surface area contributed by atoms with Crippen LogP contribution in [0.5, 0.6) is 0 Å². The summed E-state index contributed by atoms with van der Waals surface area (Å²) in [7, 11) is 0. The molecule has 0 radical (unpaired) electrons. The number of hydrogen-bond donors (Lipinski definition) is 0. The van der Waals surface area contributed by atoms with E-state index in [0.29, 0.717) is 0 Å². The molecule has 0 aromatic carbocycles. The Bertz CT molecular complexity index is 546. The Labute approximate surface area is 117 Å². The Morgan fingerprint density at radius 1 is 1.45 bits per heavy atom. The number of nitrogens with zero attached hydrogens (tertiary/aromatic N) is 5. The third kappa shape index (κ3) is 2.86. The van der Waals surface area contributed by atoms with Crippen molar-refractivity contribution in [1.29, 1.82) is 5.26 Å². The number of aryl methyl sites for hydroxylation is 1. The predicted octanol–water partition coefficient (Wildman–Crippen LogP) is 1.33. The fourth-order valence-electron chi connectivity index (χ4n) is 2.39. The maximum atomic E-state index is 10.7. The van der Waals surface area contributed by atoms with Gasteiger partial charge >= 0.3 is 0 Å². The Balaban J connectivity index is 2.08. The molecule has 1 aliphatic heterocycles. The van der Waals surface area contributed by atoms with E-state index in [9.17, 15) is 10.1 Å². The molecule has 2 heterocycles. The fraction of sp³-hybridized carbons (Fsp3) is 0.538. The molecule has 1 atom stereocenters. The minimum absolute atomic E-state index is 0.0167. The first-order chi connectivity index (χ1) is 9.52. The number of rotatable bonds is 3. The zero-order valence-electron chi connectivity index (χ0n) is 11.6. The lowest BCUT2D eigenvalue weighted by Crippen LogP contribution is -2.49. The zero-order chi connectivity index (χ0) is 14.7. The molecule has 7 heteroatoms. The van der Waals surface area contributed by atoms with Crippen molar-refractivity contribution in [2.75, 3.05) is 31.1 Å². The molecule has 1 fully saturated rings. The molecule has 106 valence electrons. The minimum atomic E-state index is -0.434. The van der Waals surface area contributed by atoms with Gasteiger partial charge in [-0.2, -0.15) is 5.26 Å². The molecule has 0 aliphatic carbocycles. The van der Waals surface area contributed by atoms with Crippen LogP contribution in [-0.2, 0) is 0 Å². The molecule has 0 saturated carbocycles.